The van der Waals surface area contributed by atoms with Crippen molar-refractivity contribution in [2.75, 3.05) is 13.2 Å². The minimum atomic E-state index is 0.659. The van der Waals surface area contributed by atoms with Gasteiger partial charge in [0.25, 0.3) is 5.19 Å². The Morgan fingerprint density at radius 1 is 1.53 bits per heavy atom. The Hall–Kier alpha value is -0.940. The highest BCUT2D eigenvalue weighted by atomic mass is 32.1. The predicted octanol–water partition coefficient (Wildman–Crippen LogP) is 1.99. The fourth-order valence-electron chi connectivity index (χ4n) is 0.987. The van der Waals surface area contributed by atoms with E-state index in [1.807, 2.05) is 6.08 Å². The van der Waals surface area contributed by atoms with Crippen LogP contribution in [0.2, 0.25) is 0 Å². The lowest BCUT2D eigenvalue weighted by molar-refractivity contribution is 0.308. The molecule has 0 amide bonds. The molecule has 0 bridgehead atoms. The summed E-state index contributed by atoms with van der Waals surface area (Å²) in [6, 6.07) is 0. The molecule has 0 unspecified atom stereocenters. The average molecular weight is 227 g/mol. The molecule has 1 heterocycles. The molecule has 0 radical (unpaired) electrons. The van der Waals surface area contributed by atoms with Gasteiger partial charge in [-0.2, -0.15) is 0 Å². The molecular formula is C10H17N3OS. The molecule has 15 heavy (non-hydrogen) atoms. The van der Waals surface area contributed by atoms with E-state index in [1.165, 1.54) is 11.3 Å². The van der Waals surface area contributed by atoms with Crippen LogP contribution in [0.3, 0.4) is 0 Å². The molecule has 0 aliphatic heterocycles. The number of aromatic nitrogens is 2. The van der Waals surface area contributed by atoms with Crippen molar-refractivity contribution in [2.24, 2.45) is 0 Å². The van der Waals surface area contributed by atoms with Crippen LogP contribution in [0.15, 0.2) is 12.7 Å². The van der Waals surface area contributed by atoms with Crippen molar-refractivity contribution in [3.8, 4) is 5.19 Å². The van der Waals surface area contributed by atoms with Crippen LogP contribution >= 0.6 is 11.3 Å². The normalized spacial score (nSPS) is 10.2. The van der Waals surface area contributed by atoms with Gasteiger partial charge in [-0.3, -0.25) is 0 Å². The van der Waals surface area contributed by atoms with Gasteiger partial charge in [-0.25, -0.2) is 0 Å². The van der Waals surface area contributed by atoms with Crippen LogP contribution < -0.4 is 10.1 Å². The zero-order valence-corrected chi connectivity index (χ0v) is 9.85. The number of hydrogen-bond acceptors (Lipinski definition) is 5. The van der Waals surface area contributed by atoms with Crippen molar-refractivity contribution in [3.05, 3.63) is 17.7 Å². The van der Waals surface area contributed by atoms with E-state index in [0.29, 0.717) is 11.8 Å². The summed E-state index contributed by atoms with van der Waals surface area (Å²) in [5.41, 5.74) is 0. The third-order valence-corrected chi connectivity index (χ3v) is 2.59. The van der Waals surface area contributed by atoms with Gasteiger partial charge in [-0.1, -0.05) is 24.3 Å². The summed E-state index contributed by atoms with van der Waals surface area (Å²) in [5, 5.41) is 12.8. The lowest BCUT2D eigenvalue weighted by Crippen LogP contribution is -2.11. The molecular weight excluding hydrogens is 210 g/mol. The molecule has 1 N–H and O–H groups in total. The zero-order valence-electron chi connectivity index (χ0n) is 9.03. The van der Waals surface area contributed by atoms with E-state index in [1.54, 1.807) is 0 Å². The van der Waals surface area contributed by atoms with E-state index < -0.39 is 0 Å². The Bertz CT molecular complexity index is 288. The summed E-state index contributed by atoms with van der Waals surface area (Å²) >= 11 is 1.50. The molecule has 1 aromatic heterocycles. The highest BCUT2D eigenvalue weighted by molar-refractivity contribution is 7.13. The Kier molecular flexibility index (Phi) is 5.96. The number of nitrogens with one attached hydrogen (secondary N) is 1. The molecule has 0 atom stereocenters. The average Bonchev–Trinajstić information content (AvgIpc) is 2.69. The zero-order chi connectivity index (χ0) is 10.9. The minimum Gasteiger partial charge on any atom is -0.469 e. The third-order valence-electron chi connectivity index (χ3n) is 1.75. The number of rotatable bonds is 8. The second-order valence-corrected chi connectivity index (χ2v) is 4.05. The summed E-state index contributed by atoms with van der Waals surface area (Å²) in [4.78, 5) is 0. The Labute approximate surface area is 94.4 Å². The lowest BCUT2D eigenvalue weighted by Gasteiger charge is -1.98. The number of ether oxygens (including phenoxy) is 1. The van der Waals surface area contributed by atoms with Crippen LogP contribution in [0.25, 0.3) is 0 Å². The summed E-state index contributed by atoms with van der Waals surface area (Å²) in [5.74, 6) is 0. The van der Waals surface area contributed by atoms with Crippen molar-refractivity contribution in [2.45, 2.75) is 26.3 Å². The summed E-state index contributed by atoms with van der Waals surface area (Å²) in [6.07, 6.45) is 3.84. The quantitative estimate of drug-likeness (QED) is 0.545. The van der Waals surface area contributed by atoms with E-state index in [4.69, 9.17) is 4.74 Å². The largest absolute Gasteiger partial charge is 0.469 e. The Balaban J connectivity index is 2.23. The molecule has 0 aliphatic carbocycles. The second kappa shape index (κ2) is 7.36. The topological polar surface area (TPSA) is 47.0 Å². The maximum atomic E-state index is 5.44. The van der Waals surface area contributed by atoms with Crippen LogP contribution in [-0.4, -0.2) is 23.3 Å². The maximum absolute atomic E-state index is 5.44. The smallest absolute Gasteiger partial charge is 0.294 e. The number of allylic oxidation sites excluding steroid dienone is 1. The van der Waals surface area contributed by atoms with Gasteiger partial charge in [0.2, 0.25) is 0 Å². The van der Waals surface area contributed by atoms with Crippen LogP contribution in [0.5, 0.6) is 5.19 Å². The van der Waals surface area contributed by atoms with Gasteiger partial charge in [0.1, 0.15) is 5.01 Å². The first kappa shape index (κ1) is 12.1. The van der Waals surface area contributed by atoms with Gasteiger partial charge in [-0.15, -0.1) is 16.8 Å². The van der Waals surface area contributed by atoms with Crippen LogP contribution in [0.1, 0.15) is 24.8 Å². The fraction of sp³-hybridized carbons (Fsp3) is 0.600. The van der Waals surface area contributed by atoms with E-state index in [2.05, 4.69) is 29.0 Å². The highest BCUT2D eigenvalue weighted by Gasteiger charge is 2.03. The molecule has 0 spiro atoms. The van der Waals surface area contributed by atoms with E-state index in [9.17, 15) is 0 Å². The summed E-state index contributed by atoms with van der Waals surface area (Å²) in [7, 11) is 0. The standard InChI is InChI=1S/C10H17N3OS/c1-3-5-6-7-14-10-13-12-9(15-10)8-11-4-2/h3,11H,1,4-8H2,2H3. The first-order valence-electron chi connectivity index (χ1n) is 5.13. The lowest BCUT2D eigenvalue weighted by atomic mass is 10.3. The van der Waals surface area contributed by atoms with Gasteiger partial charge in [0, 0.05) is 6.54 Å². The van der Waals surface area contributed by atoms with Crippen LogP contribution in [-0.2, 0) is 6.54 Å². The van der Waals surface area contributed by atoms with Gasteiger partial charge in [0.05, 0.1) is 6.61 Å². The van der Waals surface area contributed by atoms with E-state index in [-0.39, 0.29) is 0 Å². The van der Waals surface area contributed by atoms with Crippen molar-refractivity contribution < 1.29 is 4.74 Å². The molecule has 84 valence electrons. The molecule has 0 aromatic carbocycles. The second-order valence-electron chi connectivity index (χ2n) is 3.02. The molecule has 4 nitrogen and oxygen atoms in total. The third kappa shape index (κ3) is 4.90. The monoisotopic (exact) mass is 227 g/mol. The molecule has 0 saturated heterocycles. The molecule has 5 heteroatoms. The summed E-state index contributed by atoms with van der Waals surface area (Å²) in [6.45, 7) is 8.11. The maximum Gasteiger partial charge on any atom is 0.294 e. The van der Waals surface area contributed by atoms with Gasteiger partial charge < -0.3 is 10.1 Å². The number of nitrogens with zero attached hydrogens (tertiary/aromatic N) is 2. The Morgan fingerprint density at radius 3 is 3.13 bits per heavy atom. The van der Waals surface area contributed by atoms with Gasteiger partial charge in [0.15, 0.2) is 0 Å². The number of hydrogen-bond donors (Lipinski definition) is 1. The first-order valence-corrected chi connectivity index (χ1v) is 5.95. The van der Waals surface area contributed by atoms with Crippen molar-refractivity contribution in [3.63, 3.8) is 0 Å². The highest BCUT2D eigenvalue weighted by Crippen LogP contribution is 2.17. The molecule has 0 fully saturated rings. The number of unbranched alkanes of at least 4 members (excludes halogenated alkanes) is 1. The molecule has 1 rings (SSSR count). The van der Waals surface area contributed by atoms with Crippen molar-refractivity contribution >= 4 is 11.3 Å². The SMILES string of the molecule is C=CCCCOc1nnc(CNCC)s1. The summed E-state index contributed by atoms with van der Waals surface area (Å²) < 4.78 is 5.44. The fourth-order valence-corrected chi connectivity index (χ4v) is 1.67. The first-order chi connectivity index (χ1) is 7.36. The van der Waals surface area contributed by atoms with E-state index >= 15 is 0 Å². The van der Waals surface area contributed by atoms with Crippen LogP contribution in [0, 0.1) is 0 Å². The van der Waals surface area contributed by atoms with Gasteiger partial charge >= 0.3 is 0 Å². The molecule has 0 saturated carbocycles. The molecule has 0 aliphatic rings. The predicted molar refractivity (Wildman–Crippen MR) is 62.2 cm³/mol. The van der Waals surface area contributed by atoms with E-state index in [0.717, 1.165) is 30.9 Å². The van der Waals surface area contributed by atoms with Crippen molar-refractivity contribution in [1.29, 1.82) is 0 Å². The Morgan fingerprint density at radius 2 is 2.40 bits per heavy atom. The van der Waals surface area contributed by atoms with Crippen molar-refractivity contribution in [1.82, 2.24) is 15.5 Å². The molecule has 1 aromatic rings. The van der Waals surface area contributed by atoms with Crippen LogP contribution in [0.4, 0.5) is 0 Å². The minimum absolute atomic E-state index is 0.659. The van der Waals surface area contributed by atoms with Gasteiger partial charge in [-0.05, 0) is 19.4 Å².